The highest BCUT2D eigenvalue weighted by atomic mass is 19.1. The summed E-state index contributed by atoms with van der Waals surface area (Å²) in [4.78, 5) is 13.2. The summed E-state index contributed by atoms with van der Waals surface area (Å²) in [6, 6.07) is 14.6. The van der Waals surface area contributed by atoms with Gasteiger partial charge in [-0.15, -0.1) is 0 Å². The number of methoxy groups -OCH3 is 3. The molecule has 0 spiro atoms. The summed E-state index contributed by atoms with van der Waals surface area (Å²) in [5.74, 6) is 0.784. The van der Waals surface area contributed by atoms with Crippen LogP contribution in [-0.4, -0.2) is 33.8 Å². The minimum Gasteiger partial charge on any atom is -0.492 e. The van der Waals surface area contributed by atoms with Gasteiger partial charge in [-0.05, 0) is 55.3 Å². The van der Waals surface area contributed by atoms with Gasteiger partial charge >= 0.3 is 0 Å². The van der Waals surface area contributed by atoms with Gasteiger partial charge in [-0.2, -0.15) is 0 Å². The second-order valence-corrected chi connectivity index (χ2v) is 7.55. The van der Waals surface area contributed by atoms with Gasteiger partial charge in [0.1, 0.15) is 11.6 Å². The molecule has 0 aliphatic heterocycles. The number of hydrogen-bond donors (Lipinski definition) is 2. The minimum atomic E-state index is -0.419. The average molecular weight is 469 g/mol. The summed E-state index contributed by atoms with van der Waals surface area (Å²) in [5.41, 5.74) is 7.65. The molecule has 8 heteroatoms. The minimum absolute atomic E-state index is 0.198. The van der Waals surface area contributed by atoms with Crippen molar-refractivity contribution >= 4 is 5.91 Å². The molecule has 3 rings (SSSR count). The molecule has 0 saturated heterocycles. The topological polar surface area (TPSA) is 92.0 Å². The van der Waals surface area contributed by atoms with Crippen LogP contribution in [0.5, 0.6) is 28.7 Å². The third kappa shape index (κ3) is 5.58. The molecular weight excluding hydrogens is 439 g/mol. The van der Waals surface area contributed by atoms with Gasteiger partial charge in [0, 0.05) is 6.07 Å². The van der Waals surface area contributed by atoms with E-state index in [-0.39, 0.29) is 40.4 Å². The first-order valence-corrected chi connectivity index (χ1v) is 10.8. The number of nitrogens with one attached hydrogen (secondary N) is 1. The summed E-state index contributed by atoms with van der Waals surface area (Å²) in [6.45, 7) is 2.36. The average Bonchev–Trinajstić information content (AvgIpc) is 2.84. The molecule has 0 fully saturated rings. The van der Waals surface area contributed by atoms with Crippen LogP contribution < -0.4 is 30.0 Å². The van der Waals surface area contributed by atoms with E-state index in [1.54, 1.807) is 25.1 Å². The molecule has 0 heterocycles. The predicted molar refractivity (Wildman–Crippen MR) is 128 cm³/mol. The molecule has 0 aliphatic rings. The van der Waals surface area contributed by atoms with Gasteiger partial charge in [0.05, 0.1) is 32.9 Å². The second-order valence-electron chi connectivity index (χ2n) is 7.55. The van der Waals surface area contributed by atoms with Crippen molar-refractivity contribution in [1.29, 1.82) is 0 Å². The first-order valence-electron chi connectivity index (χ1n) is 10.8. The molecule has 180 valence electrons. The Morgan fingerprint density at radius 3 is 2.12 bits per heavy atom. The maximum Gasteiger partial charge on any atom is 0.255 e. The van der Waals surface area contributed by atoms with E-state index in [1.807, 2.05) is 24.3 Å². The fraction of sp³-hybridized carbons (Fsp3) is 0.269. The van der Waals surface area contributed by atoms with E-state index in [0.29, 0.717) is 12.3 Å². The Morgan fingerprint density at radius 1 is 0.941 bits per heavy atom. The Kier molecular flexibility index (Phi) is 8.32. The molecule has 0 aliphatic carbocycles. The van der Waals surface area contributed by atoms with E-state index in [2.05, 4.69) is 5.32 Å². The summed E-state index contributed by atoms with van der Waals surface area (Å²) in [6.07, 6.45) is 0.760. The number of hydrogen-bond acceptors (Lipinski definition) is 6. The molecule has 0 unspecified atom stereocenters. The number of nitrogens with two attached hydrogens (primary N) is 1. The molecule has 1 atom stereocenters. The monoisotopic (exact) mass is 468 g/mol. The number of benzene rings is 3. The maximum atomic E-state index is 13.3. The Labute approximate surface area is 198 Å². The maximum absolute atomic E-state index is 13.3. The molecule has 3 aromatic rings. The van der Waals surface area contributed by atoms with Gasteiger partial charge in [-0.25, -0.2) is 4.39 Å². The third-order valence-electron chi connectivity index (χ3n) is 5.32. The highest BCUT2D eigenvalue weighted by Gasteiger charge is 2.26. The molecule has 0 aromatic heterocycles. The second kappa shape index (κ2) is 11.4. The van der Waals surface area contributed by atoms with Crippen LogP contribution in [0, 0.1) is 5.82 Å². The van der Waals surface area contributed by atoms with Gasteiger partial charge in [0.25, 0.3) is 5.91 Å². The van der Waals surface area contributed by atoms with E-state index in [1.165, 1.54) is 33.5 Å². The first-order chi connectivity index (χ1) is 16.4. The first kappa shape index (κ1) is 24.9. The number of ether oxygens (including phenoxy) is 4. The van der Waals surface area contributed by atoms with Crippen LogP contribution in [0.3, 0.4) is 0 Å². The van der Waals surface area contributed by atoms with Crippen LogP contribution in [0.1, 0.15) is 34.5 Å². The number of carbonyl (C=O) groups is 1. The molecule has 0 bridgehead atoms. The predicted octanol–water partition coefficient (Wildman–Crippen LogP) is 4.64. The fourth-order valence-corrected chi connectivity index (χ4v) is 3.55. The summed E-state index contributed by atoms with van der Waals surface area (Å²) < 4.78 is 35.9. The summed E-state index contributed by atoms with van der Waals surface area (Å²) in [7, 11) is 4.37. The van der Waals surface area contributed by atoms with Gasteiger partial charge < -0.3 is 30.0 Å². The zero-order valence-corrected chi connectivity index (χ0v) is 19.7. The van der Waals surface area contributed by atoms with Gasteiger partial charge in [0.15, 0.2) is 11.5 Å². The van der Waals surface area contributed by atoms with Crippen molar-refractivity contribution in [2.75, 3.05) is 27.9 Å². The Bertz CT molecular complexity index is 1120. The van der Waals surface area contributed by atoms with Crippen molar-refractivity contribution in [3.8, 4) is 28.7 Å². The lowest BCUT2D eigenvalue weighted by molar-refractivity contribution is 0.0935. The SMILES string of the molecule is COc1c(Oc2ccc(CCN)cc2)cc(C(=O)N[C@H](C)c2ccc(F)cc2)c(OC)c1OC. The van der Waals surface area contributed by atoms with E-state index in [4.69, 9.17) is 24.7 Å². The molecule has 0 saturated carbocycles. The van der Waals surface area contributed by atoms with Crippen LogP contribution in [0.25, 0.3) is 0 Å². The Hall–Kier alpha value is -3.78. The lowest BCUT2D eigenvalue weighted by Crippen LogP contribution is -2.27. The van der Waals surface area contributed by atoms with Crippen LogP contribution in [0.4, 0.5) is 4.39 Å². The van der Waals surface area contributed by atoms with Gasteiger partial charge in [0.2, 0.25) is 11.5 Å². The van der Waals surface area contributed by atoms with Crippen molar-refractivity contribution in [3.63, 3.8) is 0 Å². The molecule has 3 aromatic carbocycles. The van der Waals surface area contributed by atoms with Crippen LogP contribution in [0.2, 0.25) is 0 Å². The lowest BCUT2D eigenvalue weighted by atomic mass is 10.1. The van der Waals surface area contributed by atoms with Crippen LogP contribution >= 0.6 is 0 Å². The highest BCUT2D eigenvalue weighted by Crippen LogP contribution is 2.48. The zero-order chi connectivity index (χ0) is 24.7. The van der Waals surface area contributed by atoms with Crippen LogP contribution in [0.15, 0.2) is 54.6 Å². The van der Waals surface area contributed by atoms with E-state index >= 15 is 0 Å². The largest absolute Gasteiger partial charge is 0.492 e. The highest BCUT2D eigenvalue weighted by molar-refractivity contribution is 5.99. The van der Waals surface area contributed by atoms with Crippen molar-refractivity contribution in [3.05, 3.63) is 77.1 Å². The van der Waals surface area contributed by atoms with Crippen molar-refractivity contribution in [2.45, 2.75) is 19.4 Å². The number of halogens is 1. The molecule has 34 heavy (non-hydrogen) atoms. The molecule has 7 nitrogen and oxygen atoms in total. The van der Waals surface area contributed by atoms with Crippen molar-refractivity contribution in [2.24, 2.45) is 5.73 Å². The Balaban J connectivity index is 1.96. The quantitative estimate of drug-likeness (QED) is 0.451. The van der Waals surface area contributed by atoms with E-state index < -0.39 is 5.91 Å². The normalized spacial score (nSPS) is 11.5. The molecule has 0 radical (unpaired) electrons. The molecule has 1 amide bonds. The van der Waals surface area contributed by atoms with Crippen LogP contribution in [-0.2, 0) is 6.42 Å². The fourth-order valence-electron chi connectivity index (χ4n) is 3.55. The third-order valence-corrected chi connectivity index (χ3v) is 5.32. The van der Waals surface area contributed by atoms with Crippen molar-refractivity contribution in [1.82, 2.24) is 5.32 Å². The summed E-state index contributed by atoms with van der Waals surface area (Å²) >= 11 is 0. The van der Waals surface area contributed by atoms with Gasteiger partial charge in [-0.3, -0.25) is 4.79 Å². The molecular formula is C26H29FN2O5. The summed E-state index contributed by atoms with van der Waals surface area (Å²) in [5, 5.41) is 2.90. The van der Waals surface area contributed by atoms with Gasteiger partial charge in [-0.1, -0.05) is 24.3 Å². The standard InChI is InChI=1S/C26H29FN2O5/c1-16(18-7-9-19(27)10-8-18)29-26(30)21-15-22(24(32-3)25(33-4)23(21)31-2)34-20-11-5-17(6-12-20)13-14-28/h5-12,15-16H,13-14,28H2,1-4H3,(H,29,30)/t16-/m1/s1. The smallest absolute Gasteiger partial charge is 0.255 e. The number of amides is 1. The van der Waals surface area contributed by atoms with Crippen molar-refractivity contribution < 1.29 is 28.1 Å². The molecule has 3 N–H and O–H groups in total. The number of carbonyl (C=O) groups excluding carboxylic acids is 1. The Morgan fingerprint density at radius 2 is 1.56 bits per heavy atom. The lowest BCUT2D eigenvalue weighted by Gasteiger charge is -2.20. The van der Waals surface area contributed by atoms with E-state index in [0.717, 1.165) is 17.5 Å². The zero-order valence-electron chi connectivity index (χ0n) is 19.7. The van der Waals surface area contributed by atoms with E-state index in [9.17, 15) is 9.18 Å². The number of rotatable bonds is 10.